The average Bonchev–Trinajstić information content (AvgIpc) is 2.25. The van der Waals surface area contributed by atoms with E-state index in [1.165, 1.54) is 45.1 Å². The van der Waals surface area contributed by atoms with Crippen LogP contribution >= 0.6 is 0 Å². The van der Waals surface area contributed by atoms with Crippen LogP contribution in [0.1, 0.15) is 45.4 Å². The Morgan fingerprint density at radius 3 is 2.29 bits per heavy atom. The molecule has 2 nitrogen and oxygen atoms in total. The second-order valence-electron chi connectivity index (χ2n) is 4.22. The molecule has 2 heteroatoms. The van der Waals surface area contributed by atoms with Crippen molar-refractivity contribution >= 4 is 0 Å². The summed E-state index contributed by atoms with van der Waals surface area (Å²) in [6.07, 6.45) is 8.42. The van der Waals surface area contributed by atoms with Gasteiger partial charge in [0.15, 0.2) is 0 Å². The molecule has 1 fully saturated rings. The molecule has 0 aromatic carbocycles. The molecule has 0 bridgehead atoms. The van der Waals surface area contributed by atoms with E-state index in [0.29, 0.717) is 0 Å². The number of ether oxygens (including phenoxy) is 1. The van der Waals surface area contributed by atoms with Gasteiger partial charge in [-0.3, -0.25) is 4.90 Å². The van der Waals surface area contributed by atoms with Gasteiger partial charge in [-0.15, -0.1) is 0 Å². The number of hydrogen-bond acceptors (Lipinski definition) is 2. The second kappa shape index (κ2) is 8.25. The number of rotatable bonds is 7. The van der Waals surface area contributed by atoms with E-state index in [4.69, 9.17) is 4.74 Å². The molecule has 1 heterocycles. The van der Waals surface area contributed by atoms with Crippen molar-refractivity contribution in [2.45, 2.75) is 45.4 Å². The highest BCUT2D eigenvalue weighted by Gasteiger charge is 2.08. The van der Waals surface area contributed by atoms with Gasteiger partial charge >= 0.3 is 0 Å². The quantitative estimate of drug-likeness (QED) is 0.584. The maximum atomic E-state index is 5.32. The van der Waals surface area contributed by atoms with E-state index in [0.717, 1.165) is 26.3 Å². The lowest BCUT2D eigenvalue weighted by atomic mass is 10.1. The maximum absolute atomic E-state index is 5.32. The highest BCUT2D eigenvalue weighted by atomic mass is 16.5. The number of hydrogen-bond donors (Lipinski definition) is 0. The number of nitrogens with zero attached hydrogens (tertiary/aromatic N) is 1. The molecule has 1 rings (SSSR count). The van der Waals surface area contributed by atoms with Gasteiger partial charge in [-0.2, -0.15) is 0 Å². The molecule has 0 aliphatic carbocycles. The molecule has 14 heavy (non-hydrogen) atoms. The van der Waals surface area contributed by atoms with Crippen LogP contribution in [-0.2, 0) is 4.74 Å². The van der Waals surface area contributed by atoms with Crippen LogP contribution < -0.4 is 0 Å². The minimum atomic E-state index is 0.940. The van der Waals surface area contributed by atoms with Crippen molar-refractivity contribution in [3.63, 3.8) is 0 Å². The van der Waals surface area contributed by atoms with Crippen molar-refractivity contribution < 1.29 is 4.74 Å². The van der Waals surface area contributed by atoms with Crippen LogP contribution in [0.15, 0.2) is 0 Å². The van der Waals surface area contributed by atoms with E-state index >= 15 is 0 Å². The van der Waals surface area contributed by atoms with Gasteiger partial charge in [0.25, 0.3) is 0 Å². The van der Waals surface area contributed by atoms with Crippen molar-refractivity contribution in [3.05, 3.63) is 0 Å². The Morgan fingerprint density at radius 2 is 1.57 bits per heavy atom. The van der Waals surface area contributed by atoms with Crippen molar-refractivity contribution in [1.29, 1.82) is 0 Å². The first-order valence-corrected chi connectivity index (χ1v) is 6.23. The van der Waals surface area contributed by atoms with Gasteiger partial charge in [0.2, 0.25) is 0 Å². The van der Waals surface area contributed by atoms with Crippen molar-refractivity contribution in [2.75, 3.05) is 32.8 Å². The summed E-state index contributed by atoms with van der Waals surface area (Å²) in [5.74, 6) is 0. The molecule has 0 atom stereocenters. The van der Waals surface area contributed by atoms with Gasteiger partial charge in [-0.05, 0) is 13.0 Å². The van der Waals surface area contributed by atoms with E-state index in [-0.39, 0.29) is 0 Å². The molecule has 0 saturated carbocycles. The van der Waals surface area contributed by atoms with Crippen molar-refractivity contribution in [1.82, 2.24) is 4.90 Å². The fourth-order valence-corrected chi connectivity index (χ4v) is 1.94. The van der Waals surface area contributed by atoms with E-state index in [1.807, 2.05) is 0 Å². The van der Waals surface area contributed by atoms with Gasteiger partial charge in [0.05, 0.1) is 13.2 Å². The Kier molecular flexibility index (Phi) is 7.06. The molecule has 1 aliphatic rings. The fourth-order valence-electron chi connectivity index (χ4n) is 1.94. The van der Waals surface area contributed by atoms with E-state index < -0.39 is 0 Å². The minimum absolute atomic E-state index is 0.940. The summed E-state index contributed by atoms with van der Waals surface area (Å²) in [4.78, 5) is 2.53. The van der Waals surface area contributed by atoms with Gasteiger partial charge in [0, 0.05) is 13.1 Å². The van der Waals surface area contributed by atoms with Crippen molar-refractivity contribution in [3.8, 4) is 0 Å². The number of morpholine rings is 1. The van der Waals surface area contributed by atoms with E-state index in [9.17, 15) is 0 Å². The normalized spacial score (nSPS) is 18.6. The summed E-state index contributed by atoms with van der Waals surface area (Å²) in [5.41, 5.74) is 0. The molecule has 0 aromatic heterocycles. The van der Waals surface area contributed by atoms with Gasteiger partial charge < -0.3 is 4.74 Å². The van der Waals surface area contributed by atoms with Crippen LogP contribution in [0, 0.1) is 0 Å². The summed E-state index contributed by atoms with van der Waals surface area (Å²) in [7, 11) is 0. The maximum Gasteiger partial charge on any atom is 0.0594 e. The van der Waals surface area contributed by atoms with Crippen LogP contribution in [-0.4, -0.2) is 37.7 Å². The van der Waals surface area contributed by atoms with Crippen molar-refractivity contribution in [2.24, 2.45) is 0 Å². The molecule has 1 saturated heterocycles. The summed E-state index contributed by atoms with van der Waals surface area (Å²) in [5, 5.41) is 0. The molecule has 0 spiro atoms. The molecule has 0 radical (unpaired) electrons. The standard InChI is InChI=1S/C12H25NO/c1-2-3-4-5-6-7-8-13-9-11-14-12-10-13/h2-12H2,1H3. The first-order chi connectivity index (χ1) is 6.93. The zero-order valence-corrected chi connectivity index (χ0v) is 9.63. The number of unbranched alkanes of at least 4 members (excludes halogenated alkanes) is 5. The highest BCUT2D eigenvalue weighted by molar-refractivity contribution is 4.61. The SMILES string of the molecule is CCCCCCCCN1CCOCC1. The summed E-state index contributed by atoms with van der Waals surface area (Å²) >= 11 is 0. The van der Waals surface area contributed by atoms with E-state index in [1.54, 1.807) is 0 Å². The second-order valence-corrected chi connectivity index (χ2v) is 4.22. The zero-order chi connectivity index (χ0) is 10.1. The smallest absolute Gasteiger partial charge is 0.0594 e. The first kappa shape index (κ1) is 12.0. The molecule has 0 aromatic rings. The average molecular weight is 199 g/mol. The lowest BCUT2D eigenvalue weighted by Crippen LogP contribution is -2.36. The fraction of sp³-hybridized carbons (Fsp3) is 1.00. The predicted molar refractivity (Wildman–Crippen MR) is 60.6 cm³/mol. The predicted octanol–water partition coefficient (Wildman–Crippen LogP) is 2.68. The van der Waals surface area contributed by atoms with Crippen LogP contribution in [0.2, 0.25) is 0 Å². The zero-order valence-electron chi connectivity index (χ0n) is 9.63. The monoisotopic (exact) mass is 199 g/mol. The van der Waals surface area contributed by atoms with Crippen LogP contribution in [0.3, 0.4) is 0 Å². The third-order valence-corrected chi connectivity index (χ3v) is 2.93. The third kappa shape index (κ3) is 5.61. The van der Waals surface area contributed by atoms with Gasteiger partial charge in [-0.1, -0.05) is 39.0 Å². The molecule has 1 aliphatic heterocycles. The Hall–Kier alpha value is -0.0800. The van der Waals surface area contributed by atoms with Crippen LogP contribution in [0.4, 0.5) is 0 Å². The largest absolute Gasteiger partial charge is 0.379 e. The summed E-state index contributed by atoms with van der Waals surface area (Å²) < 4.78 is 5.32. The third-order valence-electron chi connectivity index (χ3n) is 2.93. The molecular formula is C12H25NO. The Balaban J connectivity index is 1.82. The van der Waals surface area contributed by atoms with Crippen LogP contribution in [0.25, 0.3) is 0 Å². The molecule has 84 valence electrons. The topological polar surface area (TPSA) is 12.5 Å². The molecular weight excluding hydrogens is 174 g/mol. The summed E-state index contributed by atoms with van der Waals surface area (Å²) in [6.45, 7) is 7.73. The van der Waals surface area contributed by atoms with Crippen LogP contribution in [0.5, 0.6) is 0 Å². The first-order valence-electron chi connectivity index (χ1n) is 6.23. The highest BCUT2D eigenvalue weighted by Crippen LogP contribution is 2.06. The molecule has 0 amide bonds. The lowest BCUT2D eigenvalue weighted by Gasteiger charge is -2.26. The Morgan fingerprint density at radius 1 is 0.929 bits per heavy atom. The Labute approximate surface area is 88.6 Å². The minimum Gasteiger partial charge on any atom is -0.379 e. The van der Waals surface area contributed by atoms with Gasteiger partial charge in [0.1, 0.15) is 0 Å². The molecule has 0 N–H and O–H groups in total. The Bertz CT molecular complexity index is 121. The molecule has 0 unspecified atom stereocenters. The lowest BCUT2D eigenvalue weighted by molar-refractivity contribution is 0.0371. The summed E-state index contributed by atoms with van der Waals surface area (Å²) in [6, 6.07) is 0. The van der Waals surface area contributed by atoms with E-state index in [2.05, 4.69) is 11.8 Å². The van der Waals surface area contributed by atoms with Gasteiger partial charge in [-0.25, -0.2) is 0 Å².